The van der Waals surface area contributed by atoms with Gasteiger partial charge in [-0.2, -0.15) is 5.10 Å². The number of hydrogen-bond donors (Lipinski definition) is 2. The van der Waals surface area contributed by atoms with Crippen molar-refractivity contribution in [2.45, 2.75) is 27.3 Å². The molecular formula is C26H28N4O6. The normalized spacial score (nSPS) is 10.4. The van der Waals surface area contributed by atoms with Crippen molar-refractivity contribution in [1.29, 1.82) is 0 Å². The fourth-order valence-electron chi connectivity index (χ4n) is 3.48. The lowest BCUT2D eigenvalue weighted by molar-refractivity contribution is -0.126. The van der Waals surface area contributed by atoms with E-state index in [0.29, 0.717) is 11.4 Å². The maximum atomic E-state index is 12.3. The van der Waals surface area contributed by atoms with Crippen molar-refractivity contribution >= 4 is 23.5 Å². The number of amides is 2. The highest BCUT2D eigenvalue weighted by Gasteiger charge is 2.15. The summed E-state index contributed by atoms with van der Waals surface area (Å²) in [6.07, 6.45) is 0. The second-order valence-electron chi connectivity index (χ2n) is 8.12. The Hall–Kier alpha value is -4.47. The summed E-state index contributed by atoms with van der Waals surface area (Å²) in [5.41, 5.74) is 3.07. The number of aromatic nitrogens is 2. The van der Waals surface area contributed by atoms with E-state index in [0.717, 1.165) is 21.4 Å². The molecule has 1 aromatic heterocycles. The first-order chi connectivity index (χ1) is 17.2. The number of aryl methyl sites for hydroxylation is 3. The number of para-hydroxylation sites is 1. The molecule has 0 aliphatic carbocycles. The van der Waals surface area contributed by atoms with Gasteiger partial charge in [0.15, 0.2) is 12.3 Å². The summed E-state index contributed by atoms with van der Waals surface area (Å²) in [4.78, 5) is 48.6. The van der Waals surface area contributed by atoms with Crippen LogP contribution in [-0.4, -0.2) is 47.3 Å². The molecule has 0 aliphatic rings. The SMILES string of the molecule is Cc1cc(C)c(NC(=O)CNC(=O)COC(=O)c2ccc(=O)n(CCOc3ccccc3)n2)c(C)c1. The zero-order chi connectivity index (χ0) is 26.1. The van der Waals surface area contributed by atoms with E-state index in [1.54, 1.807) is 12.1 Å². The van der Waals surface area contributed by atoms with Crippen LogP contribution >= 0.6 is 0 Å². The molecule has 1 heterocycles. The van der Waals surface area contributed by atoms with Crippen molar-refractivity contribution in [2.75, 3.05) is 25.1 Å². The molecule has 36 heavy (non-hydrogen) atoms. The molecule has 188 valence electrons. The first kappa shape index (κ1) is 26.1. The minimum Gasteiger partial charge on any atom is -0.492 e. The summed E-state index contributed by atoms with van der Waals surface area (Å²) in [5, 5.41) is 9.16. The number of nitrogens with zero attached hydrogens (tertiary/aromatic N) is 2. The molecule has 0 saturated carbocycles. The number of esters is 1. The van der Waals surface area contributed by atoms with Crippen molar-refractivity contribution < 1.29 is 23.9 Å². The molecule has 0 atom stereocenters. The quantitative estimate of drug-likeness (QED) is 0.415. The highest BCUT2D eigenvalue weighted by atomic mass is 16.5. The van der Waals surface area contributed by atoms with Crippen LogP contribution in [-0.2, 0) is 20.9 Å². The molecular weight excluding hydrogens is 464 g/mol. The van der Waals surface area contributed by atoms with Crippen LogP contribution in [0.25, 0.3) is 0 Å². The van der Waals surface area contributed by atoms with Crippen molar-refractivity contribution in [3.63, 3.8) is 0 Å². The van der Waals surface area contributed by atoms with E-state index in [1.807, 2.05) is 51.1 Å². The van der Waals surface area contributed by atoms with Gasteiger partial charge in [-0.05, 0) is 50.1 Å². The van der Waals surface area contributed by atoms with Gasteiger partial charge in [0.1, 0.15) is 12.4 Å². The Morgan fingerprint density at radius 3 is 2.33 bits per heavy atom. The van der Waals surface area contributed by atoms with Crippen LogP contribution in [0.1, 0.15) is 27.2 Å². The van der Waals surface area contributed by atoms with Crippen molar-refractivity contribution in [3.8, 4) is 5.75 Å². The van der Waals surface area contributed by atoms with E-state index in [1.165, 1.54) is 12.1 Å². The topological polar surface area (TPSA) is 129 Å². The van der Waals surface area contributed by atoms with Crippen molar-refractivity contribution in [3.05, 3.63) is 87.3 Å². The number of hydrogen-bond acceptors (Lipinski definition) is 7. The third kappa shape index (κ3) is 7.52. The summed E-state index contributed by atoms with van der Waals surface area (Å²) < 4.78 is 11.6. The third-order valence-corrected chi connectivity index (χ3v) is 5.11. The molecule has 0 fully saturated rings. The van der Waals surface area contributed by atoms with Crippen LogP contribution in [0, 0.1) is 20.8 Å². The predicted octanol–water partition coefficient (Wildman–Crippen LogP) is 2.16. The lowest BCUT2D eigenvalue weighted by atomic mass is 10.1. The van der Waals surface area contributed by atoms with Crippen LogP contribution in [0.4, 0.5) is 5.69 Å². The maximum absolute atomic E-state index is 12.3. The molecule has 2 N–H and O–H groups in total. The van der Waals surface area contributed by atoms with E-state index in [2.05, 4.69) is 15.7 Å². The average Bonchev–Trinajstić information content (AvgIpc) is 2.85. The Labute approximate surface area is 208 Å². The maximum Gasteiger partial charge on any atom is 0.359 e. The fourth-order valence-corrected chi connectivity index (χ4v) is 3.48. The van der Waals surface area contributed by atoms with Crippen LogP contribution in [0.15, 0.2) is 59.4 Å². The van der Waals surface area contributed by atoms with E-state index in [9.17, 15) is 19.2 Å². The minimum atomic E-state index is -0.877. The molecule has 2 amide bonds. The van der Waals surface area contributed by atoms with Gasteiger partial charge in [0.05, 0.1) is 13.1 Å². The second-order valence-corrected chi connectivity index (χ2v) is 8.12. The number of benzene rings is 2. The Morgan fingerprint density at radius 1 is 0.944 bits per heavy atom. The molecule has 0 saturated heterocycles. The number of rotatable bonds is 10. The second kappa shape index (κ2) is 12.3. The largest absolute Gasteiger partial charge is 0.492 e. The molecule has 10 heteroatoms. The molecule has 0 unspecified atom stereocenters. The standard InChI is InChI=1S/C26H28N4O6/c1-17-13-18(2)25(19(3)14-17)28-22(31)15-27-23(32)16-36-26(34)21-9-10-24(33)30(29-21)11-12-35-20-7-5-4-6-8-20/h4-10,13-14H,11-12,15-16H2,1-3H3,(H,27,32)(H,28,31). The Balaban J connectivity index is 1.45. The number of anilines is 1. The van der Waals surface area contributed by atoms with Gasteiger partial charge in [-0.1, -0.05) is 35.9 Å². The Kier molecular flexibility index (Phi) is 8.93. The third-order valence-electron chi connectivity index (χ3n) is 5.11. The first-order valence-corrected chi connectivity index (χ1v) is 11.3. The van der Waals surface area contributed by atoms with Crippen LogP contribution in [0.3, 0.4) is 0 Å². The highest BCUT2D eigenvalue weighted by molar-refractivity contribution is 5.96. The minimum absolute atomic E-state index is 0.115. The van der Waals surface area contributed by atoms with Gasteiger partial charge in [-0.15, -0.1) is 0 Å². The van der Waals surface area contributed by atoms with Gasteiger partial charge >= 0.3 is 5.97 Å². The van der Waals surface area contributed by atoms with Crippen LogP contribution in [0.5, 0.6) is 5.75 Å². The van der Waals surface area contributed by atoms with E-state index < -0.39 is 29.9 Å². The van der Waals surface area contributed by atoms with Crippen molar-refractivity contribution in [1.82, 2.24) is 15.1 Å². The summed E-state index contributed by atoms with van der Waals surface area (Å²) in [6, 6.07) is 15.4. The Morgan fingerprint density at radius 2 is 1.64 bits per heavy atom. The molecule has 3 aromatic rings. The molecule has 0 spiro atoms. The van der Waals surface area contributed by atoms with Crippen LogP contribution in [0.2, 0.25) is 0 Å². The van der Waals surface area contributed by atoms with Gasteiger partial charge in [0.2, 0.25) is 5.91 Å². The lowest BCUT2D eigenvalue weighted by Gasteiger charge is -2.13. The van der Waals surface area contributed by atoms with Gasteiger partial charge < -0.3 is 20.1 Å². The number of carbonyl (C=O) groups is 3. The number of carbonyl (C=O) groups excluding carboxylic acids is 3. The van der Waals surface area contributed by atoms with Gasteiger partial charge in [0, 0.05) is 11.8 Å². The first-order valence-electron chi connectivity index (χ1n) is 11.3. The van der Waals surface area contributed by atoms with Gasteiger partial charge in [0.25, 0.3) is 11.5 Å². The zero-order valence-corrected chi connectivity index (χ0v) is 20.4. The summed E-state index contributed by atoms with van der Waals surface area (Å²) in [7, 11) is 0. The van der Waals surface area contributed by atoms with Gasteiger partial charge in [-0.25, -0.2) is 9.48 Å². The molecule has 2 aromatic carbocycles. The molecule has 3 rings (SSSR count). The van der Waals surface area contributed by atoms with Crippen LogP contribution < -0.4 is 20.9 Å². The number of ether oxygens (including phenoxy) is 2. The molecule has 0 aliphatic heterocycles. The monoisotopic (exact) mass is 492 g/mol. The molecule has 0 radical (unpaired) electrons. The lowest BCUT2D eigenvalue weighted by Crippen LogP contribution is -2.36. The average molecular weight is 493 g/mol. The number of nitrogens with one attached hydrogen (secondary N) is 2. The van der Waals surface area contributed by atoms with Crippen molar-refractivity contribution in [2.24, 2.45) is 0 Å². The Bertz CT molecular complexity index is 1280. The smallest absolute Gasteiger partial charge is 0.359 e. The summed E-state index contributed by atoms with van der Waals surface area (Å²) in [6.45, 7) is 5.14. The van der Waals surface area contributed by atoms with E-state index in [4.69, 9.17) is 9.47 Å². The van der Waals surface area contributed by atoms with E-state index >= 15 is 0 Å². The molecule has 10 nitrogen and oxygen atoms in total. The summed E-state index contributed by atoms with van der Waals surface area (Å²) in [5.74, 6) is -1.29. The van der Waals surface area contributed by atoms with Gasteiger partial charge in [-0.3, -0.25) is 14.4 Å². The predicted molar refractivity (Wildman–Crippen MR) is 133 cm³/mol. The molecule has 0 bridgehead atoms. The van der Waals surface area contributed by atoms with E-state index in [-0.39, 0.29) is 25.4 Å². The zero-order valence-electron chi connectivity index (χ0n) is 20.4. The fraction of sp³-hybridized carbons (Fsp3) is 0.269. The highest BCUT2D eigenvalue weighted by Crippen LogP contribution is 2.21. The summed E-state index contributed by atoms with van der Waals surface area (Å²) >= 11 is 0.